The van der Waals surface area contributed by atoms with Crippen molar-refractivity contribution in [2.75, 3.05) is 11.9 Å². The number of fused-ring (bicyclic) bond motifs is 1. The standard InChI is InChI=1S/C16H17N3O5S/c1-3-8-19-14(16(21)17-13-9-10(2)24-18-13)15(20)11-6-4-5-7-12(11)25(19,22)23/h4-7,9,20H,3,8H2,1-2H3,(H,17,18,21). The first kappa shape index (κ1) is 17.0. The molecule has 8 nitrogen and oxygen atoms in total. The monoisotopic (exact) mass is 363 g/mol. The van der Waals surface area contributed by atoms with Gasteiger partial charge >= 0.3 is 0 Å². The summed E-state index contributed by atoms with van der Waals surface area (Å²) in [5, 5.41) is 16.7. The Morgan fingerprint density at radius 1 is 1.36 bits per heavy atom. The fourth-order valence-electron chi connectivity index (χ4n) is 2.63. The van der Waals surface area contributed by atoms with Crippen molar-refractivity contribution >= 4 is 27.5 Å². The van der Waals surface area contributed by atoms with E-state index in [1.165, 1.54) is 18.2 Å². The normalized spacial score (nSPS) is 15.8. The summed E-state index contributed by atoms with van der Waals surface area (Å²) in [6.07, 6.45) is 0.467. The van der Waals surface area contributed by atoms with Crippen LogP contribution < -0.4 is 5.32 Å². The molecule has 1 aliphatic rings. The summed E-state index contributed by atoms with van der Waals surface area (Å²) in [5.41, 5.74) is -0.238. The third kappa shape index (κ3) is 2.86. The van der Waals surface area contributed by atoms with E-state index in [1.54, 1.807) is 26.0 Å². The van der Waals surface area contributed by atoms with E-state index < -0.39 is 21.7 Å². The molecule has 1 aromatic heterocycles. The number of nitrogens with zero attached hydrogens (tertiary/aromatic N) is 2. The van der Waals surface area contributed by atoms with Gasteiger partial charge in [0, 0.05) is 18.2 Å². The topological polar surface area (TPSA) is 113 Å². The molecule has 0 saturated heterocycles. The van der Waals surface area contributed by atoms with Gasteiger partial charge in [0.2, 0.25) is 0 Å². The maximum absolute atomic E-state index is 12.9. The summed E-state index contributed by atoms with van der Waals surface area (Å²) < 4.78 is 31.6. The average molecular weight is 363 g/mol. The Labute approximate surface area is 144 Å². The lowest BCUT2D eigenvalue weighted by atomic mass is 10.1. The SMILES string of the molecule is CCCN1C(C(=O)Nc2cc(C)on2)=C(O)c2ccccc2S1(=O)=O. The van der Waals surface area contributed by atoms with E-state index >= 15 is 0 Å². The van der Waals surface area contributed by atoms with E-state index in [9.17, 15) is 18.3 Å². The van der Waals surface area contributed by atoms with Crippen LogP contribution in [0.25, 0.3) is 5.76 Å². The molecule has 25 heavy (non-hydrogen) atoms. The lowest BCUT2D eigenvalue weighted by Gasteiger charge is -2.31. The highest BCUT2D eigenvalue weighted by Crippen LogP contribution is 2.35. The Kier molecular flexibility index (Phi) is 4.25. The third-order valence-electron chi connectivity index (χ3n) is 3.70. The number of rotatable bonds is 4. The summed E-state index contributed by atoms with van der Waals surface area (Å²) in [5.74, 6) is -0.551. The maximum Gasteiger partial charge on any atom is 0.278 e. The zero-order valence-electron chi connectivity index (χ0n) is 13.7. The van der Waals surface area contributed by atoms with Gasteiger partial charge in [-0.15, -0.1) is 0 Å². The lowest BCUT2D eigenvalue weighted by Crippen LogP contribution is -2.40. The van der Waals surface area contributed by atoms with Crippen LogP contribution in [0.2, 0.25) is 0 Å². The molecule has 1 aromatic carbocycles. The predicted octanol–water partition coefficient (Wildman–Crippen LogP) is 2.26. The average Bonchev–Trinajstić information content (AvgIpc) is 2.98. The first-order valence-corrected chi connectivity index (χ1v) is 9.10. The zero-order valence-corrected chi connectivity index (χ0v) is 14.5. The van der Waals surface area contributed by atoms with E-state index in [1.807, 2.05) is 0 Å². The second-order valence-corrected chi connectivity index (χ2v) is 7.38. The van der Waals surface area contributed by atoms with Crippen molar-refractivity contribution in [3.8, 4) is 0 Å². The highest BCUT2D eigenvalue weighted by Gasteiger charge is 2.39. The number of aryl methyl sites for hydroxylation is 1. The number of anilines is 1. The number of hydrogen-bond donors (Lipinski definition) is 2. The first-order chi connectivity index (χ1) is 11.9. The van der Waals surface area contributed by atoms with Gasteiger partial charge in [-0.05, 0) is 25.5 Å². The Morgan fingerprint density at radius 2 is 2.08 bits per heavy atom. The van der Waals surface area contributed by atoms with Crippen LogP contribution in [0.15, 0.2) is 45.4 Å². The molecule has 0 spiro atoms. The molecule has 0 bridgehead atoms. The number of aliphatic hydroxyl groups is 1. The number of hydrogen-bond acceptors (Lipinski definition) is 6. The second-order valence-electron chi connectivity index (χ2n) is 5.55. The molecule has 0 saturated carbocycles. The van der Waals surface area contributed by atoms with Gasteiger partial charge in [-0.2, -0.15) is 0 Å². The molecule has 0 atom stereocenters. The highest BCUT2D eigenvalue weighted by molar-refractivity contribution is 7.89. The van der Waals surface area contributed by atoms with Crippen molar-refractivity contribution in [1.29, 1.82) is 0 Å². The van der Waals surface area contributed by atoms with Crippen LogP contribution in [-0.4, -0.2) is 35.4 Å². The van der Waals surface area contributed by atoms with Crippen LogP contribution in [-0.2, 0) is 14.8 Å². The number of aliphatic hydroxyl groups excluding tert-OH is 1. The van der Waals surface area contributed by atoms with Crippen LogP contribution in [0.1, 0.15) is 24.7 Å². The molecular weight excluding hydrogens is 346 g/mol. The van der Waals surface area contributed by atoms with Crippen molar-refractivity contribution in [2.24, 2.45) is 0 Å². The number of sulfonamides is 1. The second kappa shape index (κ2) is 6.25. The van der Waals surface area contributed by atoms with Crippen molar-refractivity contribution in [3.63, 3.8) is 0 Å². The quantitative estimate of drug-likeness (QED) is 0.861. The molecule has 0 radical (unpaired) electrons. The Balaban J connectivity index is 2.12. The van der Waals surface area contributed by atoms with Gasteiger partial charge in [-0.1, -0.05) is 24.2 Å². The van der Waals surface area contributed by atoms with E-state index in [4.69, 9.17) is 4.52 Å². The summed E-state index contributed by atoms with van der Waals surface area (Å²) in [7, 11) is -3.95. The van der Waals surface area contributed by atoms with Crippen molar-refractivity contribution < 1.29 is 22.8 Å². The molecular formula is C16H17N3O5S. The van der Waals surface area contributed by atoms with Gasteiger partial charge in [0.05, 0.1) is 4.90 Å². The van der Waals surface area contributed by atoms with Gasteiger partial charge < -0.3 is 14.9 Å². The van der Waals surface area contributed by atoms with Crippen molar-refractivity contribution in [2.45, 2.75) is 25.2 Å². The van der Waals surface area contributed by atoms with E-state index in [-0.39, 0.29) is 28.5 Å². The van der Waals surface area contributed by atoms with Gasteiger partial charge in [-0.25, -0.2) is 8.42 Å². The Hall–Kier alpha value is -2.81. The Bertz CT molecular complexity index is 962. The molecule has 0 unspecified atom stereocenters. The molecule has 2 N–H and O–H groups in total. The maximum atomic E-state index is 12.9. The van der Waals surface area contributed by atoms with Gasteiger partial charge in [0.15, 0.2) is 17.3 Å². The number of carbonyl (C=O) groups excluding carboxylic acids is 1. The molecule has 3 rings (SSSR count). The van der Waals surface area contributed by atoms with E-state index in [0.717, 1.165) is 4.31 Å². The van der Waals surface area contributed by atoms with Crippen LogP contribution in [0.3, 0.4) is 0 Å². The van der Waals surface area contributed by atoms with Crippen LogP contribution in [0.5, 0.6) is 0 Å². The number of amides is 1. The smallest absolute Gasteiger partial charge is 0.278 e. The molecule has 2 heterocycles. The van der Waals surface area contributed by atoms with Crippen LogP contribution in [0.4, 0.5) is 5.82 Å². The van der Waals surface area contributed by atoms with Gasteiger partial charge in [0.1, 0.15) is 5.76 Å². The minimum absolute atomic E-state index is 0.0326. The number of benzene rings is 1. The molecule has 0 fully saturated rings. The van der Waals surface area contributed by atoms with Gasteiger partial charge in [0.25, 0.3) is 15.9 Å². The zero-order chi connectivity index (χ0) is 18.2. The molecule has 9 heteroatoms. The third-order valence-corrected chi connectivity index (χ3v) is 5.55. The molecule has 132 valence electrons. The molecule has 2 aromatic rings. The minimum Gasteiger partial charge on any atom is -0.505 e. The van der Waals surface area contributed by atoms with E-state index in [2.05, 4.69) is 10.5 Å². The Morgan fingerprint density at radius 3 is 2.72 bits per heavy atom. The highest BCUT2D eigenvalue weighted by atomic mass is 32.2. The lowest BCUT2D eigenvalue weighted by molar-refractivity contribution is -0.113. The minimum atomic E-state index is -3.95. The predicted molar refractivity (Wildman–Crippen MR) is 90.0 cm³/mol. The fraction of sp³-hybridized carbons (Fsp3) is 0.250. The summed E-state index contributed by atoms with van der Waals surface area (Å²) in [4.78, 5) is 12.6. The number of carbonyl (C=O) groups is 1. The van der Waals surface area contributed by atoms with Crippen molar-refractivity contribution in [3.05, 3.63) is 47.4 Å². The number of aromatic nitrogens is 1. The van der Waals surface area contributed by atoms with E-state index in [0.29, 0.717) is 12.2 Å². The summed E-state index contributed by atoms with van der Waals surface area (Å²) >= 11 is 0. The van der Waals surface area contributed by atoms with Crippen molar-refractivity contribution in [1.82, 2.24) is 9.46 Å². The van der Waals surface area contributed by atoms with Crippen LogP contribution in [0, 0.1) is 6.92 Å². The fourth-order valence-corrected chi connectivity index (χ4v) is 4.39. The van der Waals surface area contributed by atoms with Gasteiger partial charge in [-0.3, -0.25) is 9.10 Å². The number of nitrogens with one attached hydrogen (secondary N) is 1. The first-order valence-electron chi connectivity index (χ1n) is 7.66. The van der Waals surface area contributed by atoms with Crippen LogP contribution >= 0.6 is 0 Å². The molecule has 1 amide bonds. The molecule has 1 aliphatic heterocycles. The molecule has 0 aliphatic carbocycles. The summed E-state index contributed by atoms with van der Waals surface area (Å²) in [6, 6.07) is 7.51. The largest absolute Gasteiger partial charge is 0.505 e. The summed E-state index contributed by atoms with van der Waals surface area (Å²) in [6.45, 7) is 3.50.